The maximum atomic E-state index is 12.5. The standard InChI is InChI=1S/C17H26N2O3.ClH/c1-18-10-4-5-17(20)19(14-6-7-14)12-13-11-15(21-2)8-9-16(13)22-3;/h8-9,11,14,18H,4-7,10,12H2,1-3H3;1H. The van der Waals surface area contributed by atoms with Crippen LogP contribution in [0.4, 0.5) is 0 Å². The summed E-state index contributed by atoms with van der Waals surface area (Å²) in [6, 6.07) is 6.11. The van der Waals surface area contributed by atoms with E-state index in [0.717, 1.165) is 42.9 Å². The first-order valence-corrected chi connectivity index (χ1v) is 7.84. The second-order valence-electron chi connectivity index (χ2n) is 5.64. The summed E-state index contributed by atoms with van der Waals surface area (Å²) in [6.07, 6.45) is 3.66. The van der Waals surface area contributed by atoms with Crippen LogP contribution in [0.3, 0.4) is 0 Å². The second-order valence-corrected chi connectivity index (χ2v) is 5.64. The molecule has 1 aliphatic carbocycles. The molecule has 1 aromatic rings. The first kappa shape index (κ1) is 19.6. The minimum absolute atomic E-state index is 0. The molecular formula is C17H27ClN2O3. The Morgan fingerprint density at radius 1 is 1.30 bits per heavy atom. The molecule has 2 rings (SSSR count). The van der Waals surface area contributed by atoms with Gasteiger partial charge in [0.05, 0.1) is 14.2 Å². The van der Waals surface area contributed by atoms with Crippen molar-refractivity contribution in [2.45, 2.75) is 38.3 Å². The fourth-order valence-corrected chi connectivity index (χ4v) is 2.56. The molecule has 23 heavy (non-hydrogen) atoms. The van der Waals surface area contributed by atoms with Crippen molar-refractivity contribution >= 4 is 18.3 Å². The fourth-order valence-electron chi connectivity index (χ4n) is 2.56. The van der Waals surface area contributed by atoms with Crippen LogP contribution in [0, 0.1) is 0 Å². The van der Waals surface area contributed by atoms with E-state index in [-0.39, 0.29) is 18.3 Å². The Bertz CT molecular complexity index is 507. The Hall–Kier alpha value is -1.46. The molecule has 1 aromatic carbocycles. The first-order chi connectivity index (χ1) is 10.7. The highest BCUT2D eigenvalue weighted by atomic mass is 35.5. The minimum atomic E-state index is 0. The Morgan fingerprint density at radius 2 is 2.04 bits per heavy atom. The van der Waals surface area contributed by atoms with Crippen LogP contribution in [-0.2, 0) is 11.3 Å². The van der Waals surface area contributed by atoms with Crippen LogP contribution in [0.1, 0.15) is 31.2 Å². The van der Waals surface area contributed by atoms with Crippen LogP contribution < -0.4 is 14.8 Å². The molecule has 0 aliphatic heterocycles. The maximum absolute atomic E-state index is 12.5. The molecular weight excluding hydrogens is 316 g/mol. The smallest absolute Gasteiger partial charge is 0.223 e. The lowest BCUT2D eigenvalue weighted by Crippen LogP contribution is -2.33. The molecule has 1 fully saturated rings. The van der Waals surface area contributed by atoms with Crippen molar-refractivity contribution in [3.05, 3.63) is 23.8 Å². The largest absolute Gasteiger partial charge is 0.497 e. The molecule has 0 spiro atoms. The maximum Gasteiger partial charge on any atom is 0.223 e. The van der Waals surface area contributed by atoms with Crippen LogP contribution in [0.5, 0.6) is 11.5 Å². The van der Waals surface area contributed by atoms with Crippen molar-refractivity contribution in [1.29, 1.82) is 0 Å². The molecule has 0 heterocycles. The van der Waals surface area contributed by atoms with E-state index in [1.165, 1.54) is 0 Å². The summed E-state index contributed by atoms with van der Waals surface area (Å²) in [4.78, 5) is 14.5. The number of amides is 1. The van der Waals surface area contributed by atoms with E-state index in [2.05, 4.69) is 5.32 Å². The van der Waals surface area contributed by atoms with Crippen LogP contribution in [0.2, 0.25) is 0 Å². The van der Waals surface area contributed by atoms with Crippen molar-refractivity contribution in [2.75, 3.05) is 27.8 Å². The van der Waals surface area contributed by atoms with Crippen molar-refractivity contribution in [3.63, 3.8) is 0 Å². The van der Waals surface area contributed by atoms with Crippen LogP contribution in [-0.4, -0.2) is 44.7 Å². The lowest BCUT2D eigenvalue weighted by atomic mass is 10.1. The van der Waals surface area contributed by atoms with E-state index in [1.54, 1.807) is 14.2 Å². The van der Waals surface area contributed by atoms with Crippen LogP contribution in [0.25, 0.3) is 0 Å². The van der Waals surface area contributed by atoms with Gasteiger partial charge in [-0.3, -0.25) is 4.79 Å². The second kappa shape index (κ2) is 9.63. The van der Waals surface area contributed by atoms with Gasteiger partial charge < -0.3 is 19.7 Å². The molecule has 0 unspecified atom stereocenters. The summed E-state index contributed by atoms with van der Waals surface area (Å²) >= 11 is 0. The van der Waals surface area contributed by atoms with Gasteiger partial charge in [0.25, 0.3) is 0 Å². The molecule has 1 saturated carbocycles. The molecule has 1 N–H and O–H groups in total. The molecule has 0 aromatic heterocycles. The molecule has 130 valence electrons. The van der Waals surface area contributed by atoms with Crippen molar-refractivity contribution in [1.82, 2.24) is 10.2 Å². The van der Waals surface area contributed by atoms with E-state index in [4.69, 9.17) is 9.47 Å². The Morgan fingerprint density at radius 3 is 2.61 bits per heavy atom. The highest BCUT2D eigenvalue weighted by Crippen LogP contribution is 2.32. The topological polar surface area (TPSA) is 50.8 Å². The average molecular weight is 343 g/mol. The lowest BCUT2D eigenvalue weighted by molar-refractivity contribution is -0.132. The predicted molar refractivity (Wildman–Crippen MR) is 93.5 cm³/mol. The first-order valence-electron chi connectivity index (χ1n) is 7.84. The number of carbonyl (C=O) groups excluding carboxylic acids is 1. The van der Waals surface area contributed by atoms with Gasteiger partial charge in [0.1, 0.15) is 11.5 Å². The number of carbonyl (C=O) groups is 1. The van der Waals surface area contributed by atoms with Crippen LogP contribution in [0.15, 0.2) is 18.2 Å². The quantitative estimate of drug-likeness (QED) is 0.701. The van der Waals surface area contributed by atoms with E-state index in [0.29, 0.717) is 19.0 Å². The molecule has 1 amide bonds. The molecule has 5 nitrogen and oxygen atoms in total. The molecule has 0 saturated heterocycles. The average Bonchev–Trinajstić information content (AvgIpc) is 3.37. The third-order valence-electron chi connectivity index (χ3n) is 3.95. The number of halogens is 1. The van der Waals surface area contributed by atoms with Gasteiger partial charge in [-0.25, -0.2) is 0 Å². The highest BCUT2D eigenvalue weighted by molar-refractivity contribution is 5.85. The zero-order valence-corrected chi connectivity index (χ0v) is 14.9. The van der Waals surface area contributed by atoms with Gasteiger partial charge >= 0.3 is 0 Å². The van der Waals surface area contributed by atoms with Gasteiger partial charge in [-0.15, -0.1) is 12.4 Å². The van der Waals surface area contributed by atoms with Gasteiger partial charge in [0, 0.05) is 24.6 Å². The van der Waals surface area contributed by atoms with Gasteiger partial charge in [-0.2, -0.15) is 0 Å². The normalized spacial score (nSPS) is 13.2. The summed E-state index contributed by atoms with van der Waals surface area (Å²) in [5.74, 6) is 1.81. The molecule has 0 atom stereocenters. The third kappa shape index (κ3) is 5.59. The number of ether oxygens (including phenoxy) is 2. The Labute approximate surface area is 144 Å². The highest BCUT2D eigenvalue weighted by Gasteiger charge is 2.32. The summed E-state index contributed by atoms with van der Waals surface area (Å²) < 4.78 is 10.7. The number of hydrogen-bond donors (Lipinski definition) is 1. The van der Waals surface area contributed by atoms with Crippen LogP contribution >= 0.6 is 12.4 Å². The monoisotopic (exact) mass is 342 g/mol. The van der Waals surface area contributed by atoms with Crippen molar-refractivity contribution in [2.24, 2.45) is 0 Å². The number of hydrogen-bond acceptors (Lipinski definition) is 4. The SMILES string of the molecule is CNCCCC(=O)N(Cc1cc(OC)ccc1OC)C1CC1.Cl. The van der Waals surface area contributed by atoms with Crippen molar-refractivity contribution < 1.29 is 14.3 Å². The third-order valence-corrected chi connectivity index (χ3v) is 3.95. The Balaban J connectivity index is 0.00000264. The fraction of sp³-hybridized carbons (Fsp3) is 0.588. The van der Waals surface area contributed by atoms with Gasteiger partial charge in [-0.05, 0) is 51.1 Å². The van der Waals surface area contributed by atoms with E-state index >= 15 is 0 Å². The van der Waals surface area contributed by atoms with E-state index in [9.17, 15) is 4.79 Å². The van der Waals surface area contributed by atoms with E-state index < -0.39 is 0 Å². The van der Waals surface area contributed by atoms with Gasteiger partial charge in [0.15, 0.2) is 0 Å². The zero-order valence-electron chi connectivity index (χ0n) is 14.1. The Kier molecular flexibility index (Phi) is 8.20. The summed E-state index contributed by atoms with van der Waals surface area (Å²) in [7, 11) is 5.21. The van der Waals surface area contributed by atoms with E-state index in [1.807, 2.05) is 30.1 Å². The minimum Gasteiger partial charge on any atom is -0.497 e. The predicted octanol–water partition coefficient (Wildman–Crippen LogP) is 2.62. The molecule has 1 aliphatic rings. The number of nitrogens with one attached hydrogen (secondary N) is 1. The number of methoxy groups -OCH3 is 2. The zero-order chi connectivity index (χ0) is 15.9. The number of nitrogens with zero attached hydrogens (tertiary/aromatic N) is 1. The number of rotatable bonds is 9. The summed E-state index contributed by atoms with van der Waals surface area (Å²) in [6.45, 7) is 1.45. The molecule has 0 radical (unpaired) electrons. The number of benzene rings is 1. The molecule has 6 heteroatoms. The van der Waals surface area contributed by atoms with Gasteiger partial charge in [-0.1, -0.05) is 0 Å². The lowest BCUT2D eigenvalue weighted by Gasteiger charge is -2.24. The van der Waals surface area contributed by atoms with Gasteiger partial charge in [0.2, 0.25) is 5.91 Å². The van der Waals surface area contributed by atoms with Crippen molar-refractivity contribution in [3.8, 4) is 11.5 Å². The summed E-state index contributed by atoms with van der Waals surface area (Å²) in [5.41, 5.74) is 0.996. The molecule has 0 bridgehead atoms. The summed E-state index contributed by atoms with van der Waals surface area (Å²) in [5, 5.41) is 3.08.